The Morgan fingerprint density at radius 1 is 1.15 bits per heavy atom. The lowest BCUT2D eigenvalue weighted by molar-refractivity contribution is -0.143. The van der Waals surface area contributed by atoms with Crippen LogP contribution in [0.25, 0.3) is 11.1 Å². The number of amides is 1. The zero-order valence-corrected chi connectivity index (χ0v) is 26.0. The number of ether oxygens (including phenoxy) is 2. The van der Waals surface area contributed by atoms with Crippen molar-refractivity contribution in [3.63, 3.8) is 0 Å². The van der Waals surface area contributed by atoms with E-state index >= 15 is 0 Å². The second-order valence-corrected chi connectivity index (χ2v) is 11.2. The summed E-state index contributed by atoms with van der Waals surface area (Å²) < 4.78 is 12.0. The second-order valence-electron chi connectivity index (χ2n) is 10.7. The van der Waals surface area contributed by atoms with Gasteiger partial charge in [-0.3, -0.25) is 14.4 Å². The molecule has 0 saturated carbocycles. The average Bonchev–Trinajstić information content (AvgIpc) is 3.59. The number of carbonyl (C=O) groups excluding carboxylic acids is 3. The summed E-state index contributed by atoms with van der Waals surface area (Å²) in [6.45, 7) is 1.88. The lowest BCUT2D eigenvalue weighted by Crippen LogP contribution is -2.50. The summed E-state index contributed by atoms with van der Waals surface area (Å²) in [6, 6.07) is 11.4. The predicted octanol–water partition coefficient (Wildman–Crippen LogP) is 3.29. The molecule has 1 aromatic heterocycles. The van der Waals surface area contributed by atoms with E-state index in [9.17, 15) is 34.3 Å². The van der Waals surface area contributed by atoms with Crippen LogP contribution in [0.1, 0.15) is 53.7 Å². The Morgan fingerprint density at radius 3 is 2.50 bits per heavy atom. The SMILES string of the molecule is CCC(C(=O)Cc1ccc(C(=O)OC[C@H](NC(=O)C2CCCN2)C(=O)O)cc1)n1cc(OC)c(-c2cc(Cl)ccc2C#N)cc1=O. The standard InChI is InChI=1S/C33H33ClN4O8/c1-3-27(38-17-29(45-2)24(15-30(38)40)23-14-22(34)11-10-21(23)16-35)28(39)13-19-6-8-20(9-7-19)33(44)46-18-26(32(42)43)37-31(41)25-5-4-12-36-25/h6-11,14-15,17,25-27,36H,3-5,12-13,18H2,1-2H3,(H,37,41)(H,42,43)/t25?,26-,27?/m0/s1. The number of pyridine rings is 1. The molecule has 0 aliphatic carbocycles. The molecule has 4 rings (SSSR count). The molecule has 3 atom stereocenters. The van der Waals surface area contributed by atoms with E-state index in [4.69, 9.17) is 21.1 Å². The third-order valence-electron chi connectivity index (χ3n) is 7.69. The number of hydrogen-bond donors (Lipinski definition) is 3. The molecule has 1 amide bonds. The molecule has 1 aliphatic heterocycles. The van der Waals surface area contributed by atoms with E-state index in [1.165, 1.54) is 36.1 Å². The molecule has 3 aromatic rings. The number of ketones is 1. The van der Waals surface area contributed by atoms with Gasteiger partial charge in [0, 0.05) is 28.6 Å². The summed E-state index contributed by atoms with van der Waals surface area (Å²) in [7, 11) is 1.42. The molecular weight excluding hydrogens is 616 g/mol. The van der Waals surface area contributed by atoms with Crippen molar-refractivity contribution in [1.29, 1.82) is 5.26 Å². The lowest BCUT2D eigenvalue weighted by Gasteiger charge is -2.20. The maximum Gasteiger partial charge on any atom is 0.338 e. The van der Waals surface area contributed by atoms with Crippen LogP contribution in [-0.4, -0.2) is 65.6 Å². The van der Waals surface area contributed by atoms with Gasteiger partial charge in [-0.25, -0.2) is 9.59 Å². The largest absolute Gasteiger partial charge is 0.495 e. The molecule has 240 valence electrons. The van der Waals surface area contributed by atoms with Crippen LogP contribution in [0.4, 0.5) is 0 Å². The summed E-state index contributed by atoms with van der Waals surface area (Å²) in [6.07, 6.45) is 3.12. The quantitative estimate of drug-likeness (QED) is 0.233. The molecule has 1 aliphatic rings. The Labute approximate surface area is 269 Å². The van der Waals surface area contributed by atoms with Gasteiger partial charge < -0.3 is 29.8 Å². The normalized spacial score (nSPS) is 15.3. The van der Waals surface area contributed by atoms with Gasteiger partial charge in [0.05, 0.1) is 42.6 Å². The zero-order valence-electron chi connectivity index (χ0n) is 25.2. The number of aliphatic carboxylic acids is 1. The van der Waals surface area contributed by atoms with Crippen LogP contribution < -0.4 is 20.9 Å². The second kappa shape index (κ2) is 15.3. The molecular formula is C33H33ClN4O8. The number of carboxylic acid groups (broad SMARTS) is 1. The number of nitriles is 1. The predicted molar refractivity (Wildman–Crippen MR) is 168 cm³/mol. The van der Waals surface area contributed by atoms with E-state index in [1.54, 1.807) is 37.3 Å². The molecule has 13 heteroatoms. The topological polar surface area (TPSA) is 177 Å². The summed E-state index contributed by atoms with van der Waals surface area (Å²) in [4.78, 5) is 63.1. The number of Topliss-reactive ketones (excluding diaryl/α,β-unsaturated/α-hetero) is 1. The Kier molecular flexibility index (Phi) is 11.3. The first-order chi connectivity index (χ1) is 22.1. The van der Waals surface area contributed by atoms with Gasteiger partial charge in [-0.2, -0.15) is 5.26 Å². The van der Waals surface area contributed by atoms with Gasteiger partial charge in [0.2, 0.25) is 5.91 Å². The number of nitrogens with one attached hydrogen (secondary N) is 2. The van der Waals surface area contributed by atoms with E-state index in [1.807, 2.05) is 0 Å². The van der Waals surface area contributed by atoms with E-state index in [0.717, 1.165) is 6.42 Å². The Balaban J connectivity index is 1.43. The molecule has 3 N–H and O–H groups in total. The third kappa shape index (κ3) is 7.99. The van der Waals surface area contributed by atoms with Crippen LogP contribution in [0.15, 0.2) is 59.5 Å². The van der Waals surface area contributed by atoms with Crippen molar-refractivity contribution in [3.8, 4) is 22.9 Å². The number of halogens is 1. The molecule has 0 radical (unpaired) electrons. The summed E-state index contributed by atoms with van der Waals surface area (Å²) >= 11 is 6.14. The fourth-order valence-corrected chi connectivity index (χ4v) is 5.41. The Hall–Kier alpha value is -4.99. The third-order valence-corrected chi connectivity index (χ3v) is 7.93. The minimum absolute atomic E-state index is 0.0421. The highest BCUT2D eigenvalue weighted by atomic mass is 35.5. The van der Waals surface area contributed by atoms with Crippen LogP contribution in [-0.2, 0) is 25.5 Å². The average molecular weight is 649 g/mol. The molecule has 0 spiro atoms. The summed E-state index contributed by atoms with van der Waals surface area (Å²) in [5, 5.41) is 24.8. The van der Waals surface area contributed by atoms with E-state index in [-0.39, 0.29) is 23.5 Å². The van der Waals surface area contributed by atoms with Crippen LogP contribution in [0.5, 0.6) is 5.75 Å². The lowest BCUT2D eigenvalue weighted by atomic mass is 9.98. The smallest absolute Gasteiger partial charge is 0.338 e. The molecule has 1 fully saturated rings. The number of carboxylic acids is 1. The van der Waals surface area contributed by atoms with Crippen molar-refractivity contribution in [2.45, 2.75) is 50.7 Å². The number of hydrogen-bond acceptors (Lipinski definition) is 9. The van der Waals surface area contributed by atoms with Gasteiger partial charge in [-0.15, -0.1) is 0 Å². The first-order valence-corrected chi connectivity index (χ1v) is 15.0. The monoisotopic (exact) mass is 648 g/mol. The highest BCUT2D eigenvalue weighted by Crippen LogP contribution is 2.33. The van der Waals surface area contributed by atoms with Crippen LogP contribution >= 0.6 is 11.6 Å². The molecule has 2 heterocycles. The van der Waals surface area contributed by atoms with Gasteiger partial charge in [0.1, 0.15) is 12.4 Å². The van der Waals surface area contributed by atoms with Gasteiger partial charge in [0.15, 0.2) is 11.8 Å². The van der Waals surface area contributed by atoms with Crippen LogP contribution in [0.2, 0.25) is 5.02 Å². The number of methoxy groups -OCH3 is 1. The molecule has 12 nitrogen and oxygen atoms in total. The van der Waals surface area contributed by atoms with E-state index in [0.29, 0.717) is 46.7 Å². The van der Waals surface area contributed by atoms with Crippen molar-refractivity contribution < 1.29 is 33.8 Å². The van der Waals surface area contributed by atoms with Gasteiger partial charge in [-0.05, 0) is 61.7 Å². The minimum atomic E-state index is -1.41. The van der Waals surface area contributed by atoms with Crippen molar-refractivity contribution in [3.05, 3.63) is 86.8 Å². The molecule has 2 aromatic carbocycles. The van der Waals surface area contributed by atoms with Crippen molar-refractivity contribution in [2.24, 2.45) is 0 Å². The van der Waals surface area contributed by atoms with E-state index in [2.05, 4.69) is 16.7 Å². The molecule has 1 saturated heterocycles. The van der Waals surface area contributed by atoms with Gasteiger partial charge in [-0.1, -0.05) is 30.7 Å². The highest BCUT2D eigenvalue weighted by Gasteiger charge is 2.28. The molecule has 2 unspecified atom stereocenters. The number of aromatic nitrogens is 1. The zero-order chi connectivity index (χ0) is 33.4. The number of nitrogens with zero attached hydrogens (tertiary/aromatic N) is 2. The number of rotatable bonds is 13. The maximum absolute atomic E-state index is 13.4. The van der Waals surface area contributed by atoms with Crippen LogP contribution in [0, 0.1) is 11.3 Å². The number of esters is 1. The van der Waals surface area contributed by atoms with Crippen molar-refractivity contribution in [1.82, 2.24) is 15.2 Å². The first kappa shape index (κ1) is 33.9. The first-order valence-electron chi connectivity index (χ1n) is 14.6. The highest BCUT2D eigenvalue weighted by molar-refractivity contribution is 6.31. The van der Waals surface area contributed by atoms with Crippen LogP contribution in [0.3, 0.4) is 0 Å². The summed E-state index contributed by atoms with van der Waals surface area (Å²) in [5.74, 6) is -2.56. The molecule has 0 bridgehead atoms. The Bertz CT molecular complexity index is 1720. The summed E-state index contributed by atoms with van der Waals surface area (Å²) in [5.41, 5.74) is 1.35. The van der Waals surface area contributed by atoms with Gasteiger partial charge in [0.25, 0.3) is 5.56 Å². The fraction of sp³-hybridized carbons (Fsp3) is 0.333. The van der Waals surface area contributed by atoms with Gasteiger partial charge >= 0.3 is 11.9 Å². The van der Waals surface area contributed by atoms with Crippen molar-refractivity contribution in [2.75, 3.05) is 20.3 Å². The number of carbonyl (C=O) groups is 4. The fourth-order valence-electron chi connectivity index (χ4n) is 5.24. The van der Waals surface area contributed by atoms with E-state index < -0.39 is 48.1 Å². The molecule has 46 heavy (non-hydrogen) atoms. The van der Waals surface area contributed by atoms with Crippen molar-refractivity contribution >= 4 is 35.2 Å². The number of benzene rings is 2. The minimum Gasteiger partial charge on any atom is -0.495 e. The maximum atomic E-state index is 13.4. The Morgan fingerprint density at radius 2 is 1.89 bits per heavy atom.